The van der Waals surface area contributed by atoms with E-state index >= 15 is 0 Å². The number of anilines is 1. The van der Waals surface area contributed by atoms with Crippen molar-refractivity contribution in [2.75, 3.05) is 18.9 Å². The SMILES string of the molecule is CC(CN(C)C(=O)Nc1ccc(OC(F)(F)F)cc1Br)C(=O)O. The van der Waals surface area contributed by atoms with Crippen LogP contribution in [-0.4, -0.2) is 42.0 Å². The summed E-state index contributed by atoms with van der Waals surface area (Å²) in [5.74, 6) is -2.23. The molecule has 1 aromatic carbocycles. The Morgan fingerprint density at radius 2 is 2.04 bits per heavy atom. The molecule has 0 aromatic heterocycles. The molecule has 1 atom stereocenters. The van der Waals surface area contributed by atoms with Gasteiger partial charge in [0, 0.05) is 18.1 Å². The minimum Gasteiger partial charge on any atom is -0.481 e. The van der Waals surface area contributed by atoms with Gasteiger partial charge in [0.2, 0.25) is 0 Å². The van der Waals surface area contributed by atoms with Crippen LogP contribution in [0.15, 0.2) is 22.7 Å². The number of hydrogen-bond acceptors (Lipinski definition) is 3. The Balaban J connectivity index is 2.73. The van der Waals surface area contributed by atoms with Gasteiger partial charge in [-0.1, -0.05) is 6.92 Å². The van der Waals surface area contributed by atoms with Gasteiger partial charge in [-0.15, -0.1) is 13.2 Å². The number of halogens is 4. The smallest absolute Gasteiger partial charge is 0.481 e. The summed E-state index contributed by atoms with van der Waals surface area (Å²) in [6, 6.07) is 2.75. The highest BCUT2D eigenvalue weighted by atomic mass is 79.9. The van der Waals surface area contributed by atoms with E-state index < -0.39 is 30.0 Å². The number of carboxylic acids is 1. The lowest BCUT2D eigenvalue weighted by Gasteiger charge is -2.20. The fraction of sp³-hybridized carbons (Fsp3) is 0.385. The molecule has 0 spiro atoms. The Labute approximate surface area is 138 Å². The van der Waals surface area contributed by atoms with Gasteiger partial charge in [0.15, 0.2) is 0 Å². The van der Waals surface area contributed by atoms with Crippen LogP contribution < -0.4 is 10.1 Å². The third kappa shape index (κ3) is 6.35. The van der Waals surface area contributed by atoms with Crippen LogP contribution in [0, 0.1) is 5.92 Å². The second-order valence-electron chi connectivity index (χ2n) is 4.74. The number of urea groups is 1. The molecule has 128 valence electrons. The Morgan fingerprint density at radius 3 is 2.52 bits per heavy atom. The lowest BCUT2D eigenvalue weighted by Crippen LogP contribution is -2.36. The van der Waals surface area contributed by atoms with E-state index in [-0.39, 0.29) is 16.7 Å². The summed E-state index contributed by atoms with van der Waals surface area (Å²) < 4.78 is 40.3. The van der Waals surface area contributed by atoms with E-state index in [9.17, 15) is 22.8 Å². The van der Waals surface area contributed by atoms with Gasteiger partial charge in [0.05, 0.1) is 11.6 Å². The molecule has 0 fully saturated rings. The largest absolute Gasteiger partial charge is 0.573 e. The second-order valence-corrected chi connectivity index (χ2v) is 5.59. The van der Waals surface area contributed by atoms with Crippen LogP contribution in [0.5, 0.6) is 5.75 Å². The summed E-state index contributed by atoms with van der Waals surface area (Å²) in [5.41, 5.74) is 0.222. The summed E-state index contributed by atoms with van der Waals surface area (Å²) in [7, 11) is 1.41. The minimum absolute atomic E-state index is 0.0198. The number of hydrogen-bond donors (Lipinski definition) is 2. The first kappa shape index (κ1) is 19.1. The zero-order valence-corrected chi connectivity index (χ0v) is 13.7. The summed E-state index contributed by atoms with van der Waals surface area (Å²) in [6.45, 7) is 1.43. The van der Waals surface area contributed by atoms with Crippen molar-refractivity contribution < 1.29 is 32.6 Å². The Hall–Kier alpha value is -1.97. The van der Waals surface area contributed by atoms with Crippen molar-refractivity contribution in [3.63, 3.8) is 0 Å². The summed E-state index contributed by atoms with van der Waals surface area (Å²) in [4.78, 5) is 23.8. The standard InChI is InChI=1S/C13H14BrF3N2O4/c1-7(11(20)21)6-19(2)12(22)18-10-4-3-8(5-9(10)14)23-13(15,16)17/h3-5,7H,6H2,1-2H3,(H,18,22)(H,20,21). The Morgan fingerprint density at radius 1 is 1.43 bits per heavy atom. The molecule has 0 radical (unpaired) electrons. The average Bonchev–Trinajstić information content (AvgIpc) is 2.39. The van der Waals surface area contributed by atoms with Gasteiger partial charge in [-0.05, 0) is 34.1 Å². The number of alkyl halides is 3. The number of carbonyl (C=O) groups is 2. The molecule has 6 nitrogen and oxygen atoms in total. The molecular weight excluding hydrogens is 385 g/mol. The van der Waals surface area contributed by atoms with Crippen LogP contribution >= 0.6 is 15.9 Å². The van der Waals surface area contributed by atoms with Crippen LogP contribution in [0.1, 0.15) is 6.92 Å². The molecule has 1 rings (SSSR count). The molecule has 0 aliphatic heterocycles. The molecule has 0 aliphatic carbocycles. The third-order valence-electron chi connectivity index (χ3n) is 2.73. The normalized spacial score (nSPS) is 12.4. The highest BCUT2D eigenvalue weighted by molar-refractivity contribution is 9.10. The van der Waals surface area contributed by atoms with E-state index in [1.807, 2.05) is 0 Å². The zero-order valence-electron chi connectivity index (χ0n) is 12.1. The lowest BCUT2D eigenvalue weighted by atomic mass is 10.2. The molecule has 0 saturated carbocycles. The van der Waals surface area contributed by atoms with Crippen molar-refractivity contribution in [1.82, 2.24) is 4.90 Å². The molecule has 1 unspecified atom stereocenters. The van der Waals surface area contributed by atoms with Crippen molar-refractivity contribution in [3.8, 4) is 5.75 Å². The predicted molar refractivity (Wildman–Crippen MR) is 79.3 cm³/mol. The molecule has 0 bridgehead atoms. The fourth-order valence-corrected chi connectivity index (χ4v) is 2.03. The number of amides is 2. The number of nitrogens with zero attached hydrogens (tertiary/aromatic N) is 1. The van der Waals surface area contributed by atoms with Gasteiger partial charge in [-0.25, -0.2) is 4.79 Å². The van der Waals surface area contributed by atoms with Crippen LogP contribution in [0.3, 0.4) is 0 Å². The van der Waals surface area contributed by atoms with E-state index in [1.54, 1.807) is 0 Å². The number of aliphatic carboxylic acids is 1. The van der Waals surface area contributed by atoms with Gasteiger partial charge >= 0.3 is 18.4 Å². The van der Waals surface area contributed by atoms with E-state index in [4.69, 9.17) is 5.11 Å². The molecule has 0 aliphatic rings. The Bertz CT molecular complexity index is 595. The highest BCUT2D eigenvalue weighted by Crippen LogP contribution is 2.30. The summed E-state index contributed by atoms with van der Waals surface area (Å²) in [5, 5.41) is 11.3. The lowest BCUT2D eigenvalue weighted by molar-refractivity contribution is -0.274. The predicted octanol–water partition coefficient (Wildman–Crippen LogP) is 3.53. The highest BCUT2D eigenvalue weighted by Gasteiger charge is 2.31. The van der Waals surface area contributed by atoms with Crippen LogP contribution in [0.25, 0.3) is 0 Å². The topological polar surface area (TPSA) is 78.9 Å². The minimum atomic E-state index is -4.81. The second kappa shape index (κ2) is 7.53. The molecule has 2 N–H and O–H groups in total. The quantitative estimate of drug-likeness (QED) is 0.794. The first-order valence-electron chi connectivity index (χ1n) is 6.30. The number of nitrogens with one attached hydrogen (secondary N) is 1. The van der Waals surface area contributed by atoms with E-state index in [2.05, 4.69) is 26.0 Å². The maximum absolute atomic E-state index is 12.1. The number of ether oxygens (including phenoxy) is 1. The van der Waals surface area contributed by atoms with Gasteiger partial charge < -0.3 is 20.1 Å². The average molecular weight is 399 g/mol. The van der Waals surface area contributed by atoms with Crippen molar-refractivity contribution in [2.24, 2.45) is 5.92 Å². The summed E-state index contributed by atoms with van der Waals surface area (Å²) in [6.07, 6.45) is -4.81. The van der Waals surface area contributed by atoms with Crippen molar-refractivity contribution in [3.05, 3.63) is 22.7 Å². The van der Waals surface area contributed by atoms with Crippen LogP contribution in [0.2, 0.25) is 0 Å². The van der Waals surface area contributed by atoms with Crippen molar-refractivity contribution >= 4 is 33.6 Å². The molecule has 1 aromatic rings. The molecule has 0 saturated heterocycles. The van der Waals surface area contributed by atoms with Crippen molar-refractivity contribution in [2.45, 2.75) is 13.3 Å². The van der Waals surface area contributed by atoms with Gasteiger partial charge in [-0.2, -0.15) is 0 Å². The number of carbonyl (C=O) groups excluding carboxylic acids is 1. The maximum Gasteiger partial charge on any atom is 0.573 e. The number of benzene rings is 1. The van der Waals surface area contributed by atoms with Crippen LogP contribution in [-0.2, 0) is 4.79 Å². The molecule has 2 amide bonds. The van der Waals surface area contributed by atoms with E-state index in [0.29, 0.717) is 0 Å². The molecule has 10 heteroatoms. The maximum atomic E-state index is 12.1. The van der Waals surface area contributed by atoms with Gasteiger partial charge in [0.1, 0.15) is 5.75 Å². The molecule has 23 heavy (non-hydrogen) atoms. The fourth-order valence-electron chi connectivity index (χ4n) is 1.58. The Kier molecular flexibility index (Phi) is 6.25. The zero-order chi connectivity index (χ0) is 17.8. The van der Waals surface area contributed by atoms with E-state index in [1.165, 1.54) is 20.0 Å². The monoisotopic (exact) mass is 398 g/mol. The van der Waals surface area contributed by atoms with E-state index in [0.717, 1.165) is 17.0 Å². The van der Waals surface area contributed by atoms with Gasteiger partial charge in [-0.3, -0.25) is 4.79 Å². The first-order valence-corrected chi connectivity index (χ1v) is 7.09. The first-order chi connectivity index (χ1) is 10.5. The third-order valence-corrected chi connectivity index (χ3v) is 3.39. The van der Waals surface area contributed by atoms with Crippen LogP contribution in [0.4, 0.5) is 23.7 Å². The van der Waals surface area contributed by atoms with Crippen molar-refractivity contribution in [1.29, 1.82) is 0 Å². The molecular formula is C13H14BrF3N2O4. The van der Waals surface area contributed by atoms with Gasteiger partial charge in [0.25, 0.3) is 0 Å². The number of carboxylic acid groups (broad SMARTS) is 1. The molecule has 0 heterocycles. The summed E-state index contributed by atoms with van der Waals surface area (Å²) >= 11 is 3.03. The number of rotatable bonds is 5.